The normalized spacial score (nSPS) is 34.5. The molecule has 62 valence electrons. The minimum Gasteiger partial charge on any atom is -0.481 e. The van der Waals surface area contributed by atoms with Crippen LogP contribution in [0.25, 0.3) is 0 Å². The number of rotatable bonds is 2. The molecule has 0 radical (unpaired) electrons. The molecule has 2 atom stereocenters. The molecule has 1 spiro atoms. The first-order valence-electron chi connectivity index (χ1n) is 4.38. The van der Waals surface area contributed by atoms with Crippen LogP contribution in [0.1, 0.15) is 32.6 Å². The van der Waals surface area contributed by atoms with Gasteiger partial charge in [-0.25, -0.2) is 0 Å². The second-order valence-corrected chi connectivity index (χ2v) is 4.15. The maximum Gasteiger partial charge on any atom is 0.306 e. The van der Waals surface area contributed by atoms with E-state index in [4.69, 9.17) is 5.11 Å². The van der Waals surface area contributed by atoms with Crippen LogP contribution in [-0.2, 0) is 4.79 Å². The third-order valence-corrected chi connectivity index (χ3v) is 3.60. The molecule has 2 rings (SSSR count). The van der Waals surface area contributed by atoms with Crippen molar-refractivity contribution in [1.82, 2.24) is 0 Å². The van der Waals surface area contributed by atoms with Crippen molar-refractivity contribution in [3.05, 3.63) is 0 Å². The fourth-order valence-electron chi connectivity index (χ4n) is 2.46. The van der Waals surface area contributed by atoms with Gasteiger partial charge in [0.15, 0.2) is 0 Å². The first-order valence-corrected chi connectivity index (χ1v) is 4.38. The van der Waals surface area contributed by atoms with Crippen molar-refractivity contribution in [3.8, 4) is 0 Å². The molecule has 2 nitrogen and oxygen atoms in total. The Kier molecular flexibility index (Phi) is 1.29. The van der Waals surface area contributed by atoms with Crippen molar-refractivity contribution in [2.75, 3.05) is 0 Å². The van der Waals surface area contributed by atoms with Crippen LogP contribution in [0.2, 0.25) is 0 Å². The standard InChI is InChI=1S/C9H14O2/c1-6(8(10)11)7-5-9(7)3-2-4-9/h6-7H,2-5H2,1H3,(H,10,11). The molecular weight excluding hydrogens is 140 g/mol. The van der Waals surface area contributed by atoms with Gasteiger partial charge in [-0.15, -0.1) is 0 Å². The molecule has 1 N–H and O–H groups in total. The molecule has 2 saturated carbocycles. The van der Waals surface area contributed by atoms with Crippen molar-refractivity contribution in [1.29, 1.82) is 0 Å². The van der Waals surface area contributed by atoms with Gasteiger partial charge in [-0.05, 0) is 30.6 Å². The van der Waals surface area contributed by atoms with E-state index in [9.17, 15) is 4.79 Å². The largest absolute Gasteiger partial charge is 0.481 e. The van der Waals surface area contributed by atoms with Gasteiger partial charge in [-0.2, -0.15) is 0 Å². The highest BCUT2D eigenvalue weighted by molar-refractivity contribution is 5.70. The second kappa shape index (κ2) is 1.99. The molecule has 2 unspecified atom stereocenters. The molecule has 0 aromatic heterocycles. The molecule has 2 fully saturated rings. The molecule has 2 aliphatic carbocycles. The molecule has 0 aromatic rings. The summed E-state index contributed by atoms with van der Waals surface area (Å²) in [5.41, 5.74) is 0.512. The van der Waals surface area contributed by atoms with Crippen molar-refractivity contribution < 1.29 is 9.90 Å². The highest BCUT2D eigenvalue weighted by Crippen LogP contribution is 2.67. The second-order valence-electron chi connectivity index (χ2n) is 4.15. The van der Waals surface area contributed by atoms with Gasteiger partial charge in [0, 0.05) is 0 Å². The Morgan fingerprint density at radius 1 is 1.64 bits per heavy atom. The van der Waals surface area contributed by atoms with Crippen LogP contribution in [0.3, 0.4) is 0 Å². The number of carbonyl (C=O) groups is 1. The van der Waals surface area contributed by atoms with E-state index < -0.39 is 5.97 Å². The summed E-state index contributed by atoms with van der Waals surface area (Å²) in [4.78, 5) is 10.6. The van der Waals surface area contributed by atoms with Crippen LogP contribution in [0, 0.1) is 17.3 Å². The third-order valence-electron chi connectivity index (χ3n) is 3.60. The molecule has 2 heteroatoms. The zero-order valence-electron chi connectivity index (χ0n) is 6.84. The van der Waals surface area contributed by atoms with Crippen LogP contribution in [0.4, 0.5) is 0 Å². The highest BCUT2D eigenvalue weighted by atomic mass is 16.4. The predicted octanol–water partition coefficient (Wildman–Crippen LogP) is 1.90. The minimum absolute atomic E-state index is 0.102. The molecule has 2 aliphatic rings. The Morgan fingerprint density at radius 2 is 2.27 bits per heavy atom. The van der Waals surface area contributed by atoms with E-state index >= 15 is 0 Å². The van der Waals surface area contributed by atoms with E-state index in [1.165, 1.54) is 25.7 Å². The zero-order valence-corrected chi connectivity index (χ0v) is 6.84. The Morgan fingerprint density at radius 3 is 2.55 bits per heavy atom. The first-order chi connectivity index (χ1) is 5.16. The van der Waals surface area contributed by atoms with E-state index in [1.54, 1.807) is 0 Å². The van der Waals surface area contributed by atoms with Crippen molar-refractivity contribution in [2.45, 2.75) is 32.6 Å². The van der Waals surface area contributed by atoms with E-state index in [1.807, 2.05) is 6.92 Å². The predicted molar refractivity (Wildman–Crippen MR) is 41.2 cm³/mol. The van der Waals surface area contributed by atoms with Crippen LogP contribution in [0.15, 0.2) is 0 Å². The lowest BCUT2D eigenvalue weighted by Gasteiger charge is -2.27. The van der Waals surface area contributed by atoms with Gasteiger partial charge in [-0.1, -0.05) is 13.3 Å². The Balaban J connectivity index is 1.94. The van der Waals surface area contributed by atoms with Gasteiger partial charge < -0.3 is 5.11 Å². The van der Waals surface area contributed by atoms with Gasteiger partial charge in [0.1, 0.15) is 0 Å². The monoisotopic (exact) mass is 154 g/mol. The summed E-state index contributed by atoms with van der Waals surface area (Å²) < 4.78 is 0. The highest BCUT2D eigenvalue weighted by Gasteiger charge is 2.60. The first kappa shape index (κ1) is 7.14. The van der Waals surface area contributed by atoms with Gasteiger partial charge in [0.05, 0.1) is 5.92 Å². The van der Waals surface area contributed by atoms with Crippen LogP contribution in [-0.4, -0.2) is 11.1 Å². The summed E-state index contributed by atoms with van der Waals surface area (Å²) in [6.07, 6.45) is 5.08. The summed E-state index contributed by atoms with van der Waals surface area (Å²) in [5, 5.41) is 8.74. The van der Waals surface area contributed by atoms with Crippen LogP contribution < -0.4 is 0 Å². The topological polar surface area (TPSA) is 37.3 Å². The Bertz CT molecular complexity index is 194. The van der Waals surface area contributed by atoms with E-state index in [0.29, 0.717) is 11.3 Å². The van der Waals surface area contributed by atoms with Gasteiger partial charge >= 0.3 is 5.97 Å². The maximum atomic E-state index is 10.6. The van der Waals surface area contributed by atoms with Crippen molar-refractivity contribution in [3.63, 3.8) is 0 Å². The minimum atomic E-state index is -0.612. The molecule has 11 heavy (non-hydrogen) atoms. The quantitative estimate of drug-likeness (QED) is 0.659. The Hall–Kier alpha value is -0.530. The zero-order chi connectivity index (χ0) is 8.06. The Labute approximate surface area is 66.6 Å². The van der Waals surface area contributed by atoms with Crippen molar-refractivity contribution in [2.24, 2.45) is 17.3 Å². The summed E-state index contributed by atoms with van der Waals surface area (Å²) >= 11 is 0. The molecule has 0 amide bonds. The molecular formula is C9H14O2. The summed E-state index contributed by atoms with van der Waals surface area (Å²) in [5.74, 6) is -0.206. The molecule has 0 aromatic carbocycles. The van der Waals surface area contributed by atoms with Gasteiger partial charge in [-0.3, -0.25) is 4.79 Å². The number of hydrogen-bond acceptors (Lipinski definition) is 1. The molecule has 0 saturated heterocycles. The van der Waals surface area contributed by atoms with E-state index in [0.717, 1.165) is 0 Å². The smallest absolute Gasteiger partial charge is 0.306 e. The van der Waals surface area contributed by atoms with Crippen LogP contribution >= 0.6 is 0 Å². The fourth-order valence-corrected chi connectivity index (χ4v) is 2.46. The average Bonchev–Trinajstić information content (AvgIpc) is 2.58. The van der Waals surface area contributed by atoms with Crippen molar-refractivity contribution >= 4 is 5.97 Å². The summed E-state index contributed by atoms with van der Waals surface area (Å²) in [6, 6.07) is 0. The average molecular weight is 154 g/mol. The third kappa shape index (κ3) is 0.883. The lowest BCUT2D eigenvalue weighted by atomic mass is 9.78. The summed E-state index contributed by atoms with van der Waals surface area (Å²) in [6.45, 7) is 1.85. The molecule has 0 heterocycles. The summed E-state index contributed by atoms with van der Waals surface area (Å²) in [7, 11) is 0. The number of aliphatic carboxylic acids is 1. The lowest BCUT2D eigenvalue weighted by molar-refractivity contribution is -0.142. The number of carboxylic acids is 1. The van der Waals surface area contributed by atoms with Crippen LogP contribution in [0.5, 0.6) is 0 Å². The molecule has 0 aliphatic heterocycles. The maximum absolute atomic E-state index is 10.6. The number of hydrogen-bond donors (Lipinski definition) is 1. The fraction of sp³-hybridized carbons (Fsp3) is 0.889. The SMILES string of the molecule is CC(C(=O)O)C1CC12CCC2. The number of carboxylic acid groups (broad SMARTS) is 1. The lowest BCUT2D eigenvalue weighted by Crippen LogP contribution is -2.21. The van der Waals surface area contributed by atoms with E-state index in [2.05, 4.69) is 0 Å². The van der Waals surface area contributed by atoms with Gasteiger partial charge in [0.25, 0.3) is 0 Å². The van der Waals surface area contributed by atoms with Gasteiger partial charge in [0.2, 0.25) is 0 Å². The van der Waals surface area contributed by atoms with E-state index in [-0.39, 0.29) is 5.92 Å². The molecule has 0 bridgehead atoms.